The number of carbonyl (C=O) groups is 3. The maximum Gasteiger partial charge on any atom is 0.407 e. The molecule has 0 spiro atoms. The predicted octanol–water partition coefficient (Wildman–Crippen LogP) is 5.09. The lowest BCUT2D eigenvalue weighted by molar-refractivity contribution is -0.141. The van der Waals surface area contributed by atoms with Crippen molar-refractivity contribution in [2.75, 3.05) is 6.61 Å². The number of hydrogen-bond donors (Lipinski definition) is 3. The van der Waals surface area contributed by atoms with E-state index in [1.165, 1.54) is 0 Å². The Bertz CT molecular complexity index is 992. The molecule has 3 atom stereocenters. The molecule has 188 valence electrons. The van der Waals surface area contributed by atoms with Crippen molar-refractivity contribution >= 4 is 18.0 Å². The molecule has 1 aliphatic rings. The Morgan fingerprint density at radius 2 is 1.51 bits per heavy atom. The van der Waals surface area contributed by atoms with Gasteiger partial charge in [0.05, 0.1) is 5.92 Å². The van der Waals surface area contributed by atoms with E-state index in [1.54, 1.807) is 6.92 Å². The molecule has 0 saturated carbocycles. The number of rotatable bonds is 12. The highest BCUT2D eigenvalue weighted by Gasteiger charge is 2.29. The van der Waals surface area contributed by atoms with Crippen molar-refractivity contribution in [3.8, 4) is 11.1 Å². The van der Waals surface area contributed by atoms with Gasteiger partial charge in [-0.2, -0.15) is 0 Å². The molecule has 3 rings (SSSR count). The molecule has 2 aromatic rings. The lowest BCUT2D eigenvalue weighted by atomic mass is 9.98. The molecule has 0 saturated heterocycles. The van der Waals surface area contributed by atoms with Crippen molar-refractivity contribution < 1.29 is 24.2 Å². The minimum atomic E-state index is -0.808. The number of aliphatic carboxylic acids is 1. The number of fused-ring (bicyclic) bond motifs is 3. The molecule has 2 aromatic carbocycles. The molecule has 35 heavy (non-hydrogen) atoms. The van der Waals surface area contributed by atoms with Crippen molar-refractivity contribution in [1.29, 1.82) is 0 Å². The van der Waals surface area contributed by atoms with E-state index in [4.69, 9.17) is 9.84 Å². The van der Waals surface area contributed by atoms with Gasteiger partial charge in [-0.05, 0) is 48.4 Å². The van der Waals surface area contributed by atoms with Crippen LogP contribution in [0.25, 0.3) is 11.1 Å². The smallest absolute Gasteiger partial charge is 0.407 e. The van der Waals surface area contributed by atoms with Crippen LogP contribution in [0, 0.1) is 5.92 Å². The number of ether oxygens (including phenoxy) is 1. The Labute approximate surface area is 207 Å². The van der Waals surface area contributed by atoms with Gasteiger partial charge in [0, 0.05) is 12.0 Å². The maximum atomic E-state index is 12.8. The van der Waals surface area contributed by atoms with Gasteiger partial charge in [-0.3, -0.25) is 9.59 Å². The highest BCUT2D eigenvalue weighted by molar-refractivity contribution is 5.86. The van der Waals surface area contributed by atoms with Gasteiger partial charge in [0.1, 0.15) is 12.6 Å². The number of benzene rings is 2. The molecule has 3 unspecified atom stereocenters. The van der Waals surface area contributed by atoms with Crippen LogP contribution in [-0.2, 0) is 14.3 Å². The number of amides is 2. The van der Waals surface area contributed by atoms with E-state index in [0.29, 0.717) is 25.7 Å². The fourth-order valence-electron chi connectivity index (χ4n) is 4.61. The Hall–Kier alpha value is -3.35. The lowest BCUT2D eigenvalue weighted by Crippen LogP contribution is -2.49. The summed E-state index contributed by atoms with van der Waals surface area (Å²) in [7, 11) is 0. The average Bonchev–Trinajstić information content (AvgIpc) is 3.16. The molecule has 0 aromatic heterocycles. The topological polar surface area (TPSA) is 105 Å². The highest BCUT2D eigenvalue weighted by Crippen LogP contribution is 2.44. The van der Waals surface area contributed by atoms with Gasteiger partial charge in [0.15, 0.2) is 0 Å². The van der Waals surface area contributed by atoms with Crippen LogP contribution in [0.5, 0.6) is 0 Å². The number of alkyl carbamates (subject to hydrolysis) is 1. The van der Waals surface area contributed by atoms with Crippen LogP contribution in [0.15, 0.2) is 48.5 Å². The summed E-state index contributed by atoms with van der Waals surface area (Å²) in [6, 6.07) is 15.5. The second-order valence-electron chi connectivity index (χ2n) is 9.39. The van der Waals surface area contributed by atoms with Crippen LogP contribution < -0.4 is 10.6 Å². The van der Waals surface area contributed by atoms with Crippen LogP contribution in [0.1, 0.15) is 69.9 Å². The highest BCUT2D eigenvalue weighted by atomic mass is 16.5. The van der Waals surface area contributed by atoms with E-state index in [2.05, 4.69) is 34.9 Å². The number of carbonyl (C=O) groups excluding carboxylic acids is 2. The SMILES string of the molecule is CCCC(NC(=O)OCC1c2ccccc2-c2ccccc21)C(=O)NC(C)CCCC(C)C(=O)O. The van der Waals surface area contributed by atoms with Crippen LogP contribution in [0.4, 0.5) is 4.79 Å². The summed E-state index contributed by atoms with van der Waals surface area (Å²) in [5.74, 6) is -1.50. The molecule has 1 aliphatic carbocycles. The second kappa shape index (κ2) is 12.4. The van der Waals surface area contributed by atoms with Crippen LogP contribution in [-0.4, -0.2) is 41.8 Å². The van der Waals surface area contributed by atoms with Crippen LogP contribution in [0.3, 0.4) is 0 Å². The van der Waals surface area contributed by atoms with Crippen molar-refractivity contribution in [3.05, 3.63) is 59.7 Å². The largest absolute Gasteiger partial charge is 0.481 e. The quantitative estimate of drug-likeness (QED) is 0.392. The Morgan fingerprint density at radius 3 is 2.09 bits per heavy atom. The summed E-state index contributed by atoms with van der Waals surface area (Å²) in [6.07, 6.45) is 2.56. The van der Waals surface area contributed by atoms with E-state index >= 15 is 0 Å². The van der Waals surface area contributed by atoms with Crippen molar-refractivity contribution in [2.45, 2.75) is 70.9 Å². The maximum absolute atomic E-state index is 12.8. The standard InChI is InChI=1S/C28H36N2O5/c1-4-10-25(26(31)29-19(3)12-9-11-18(2)27(32)33)30-28(34)35-17-24-22-15-7-5-13-20(22)21-14-6-8-16-23(21)24/h5-8,13-16,18-19,24-25H,4,9-12,17H2,1-3H3,(H,29,31)(H,30,34)(H,32,33). The summed E-state index contributed by atoms with van der Waals surface area (Å²) in [5.41, 5.74) is 4.59. The lowest BCUT2D eigenvalue weighted by Gasteiger charge is -2.22. The van der Waals surface area contributed by atoms with Gasteiger partial charge in [0.2, 0.25) is 5.91 Å². The van der Waals surface area contributed by atoms with Gasteiger partial charge in [-0.1, -0.05) is 75.2 Å². The fraction of sp³-hybridized carbons (Fsp3) is 0.464. The van der Waals surface area contributed by atoms with E-state index in [0.717, 1.165) is 28.7 Å². The summed E-state index contributed by atoms with van der Waals surface area (Å²) in [4.78, 5) is 36.4. The number of carboxylic acids is 1. The van der Waals surface area contributed by atoms with Crippen molar-refractivity contribution in [1.82, 2.24) is 10.6 Å². The third-order valence-corrected chi connectivity index (χ3v) is 6.61. The third kappa shape index (κ3) is 6.84. The first kappa shape index (κ1) is 26.3. The molecule has 2 amide bonds. The molecule has 7 nitrogen and oxygen atoms in total. The zero-order chi connectivity index (χ0) is 25.4. The number of carboxylic acid groups (broad SMARTS) is 1. The van der Waals surface area contributed by atoms with Crippen LogP contribution >= 0.6 is 0 Å². The molecule has 3 N–H and O–H groups in total. The number of hydrogen-bond acceptors (Lipinski definition) is 4. The summed E-state index contributed by atoms with van der Waals surface area (Å²) in [6.45, 7) is 5.72. The first-order valence-corrected chi connectivity index (χ1v) is 12.5. The van der Waals surface area contributed by atoms with E-state index in [-0.39, 0.29) is 24.5 Å². The Kier molecular flexibility index (Phi) is 9.29. The monoisotopic (exact) mass is 480 g/mol. The normalized spacial score (nSPS) is 14.8. The number of nitrogens with one attached hydrogen (secondary N) is 2. The molecular weight excluding hydrogens is 444 g/mol. The molecule has 0 fully saturated rings. The zero-order valence-corrected chi connectivity index (χ0v) is 20.8. The molecule has 0 heterocycles. The van der Waals surface area contributed by atoms with Crippen LogP contribution in [0.2, 0.25) is 0 Å². The average molecular weight is 481 g/mol. The van der Waals surface area contributed by atoms with E-state index in [1.807, 2.05) is 38.1 Å². The first-order valence-electron chi connectivity index (χ1n) is 12.5. The Balaban J connectivity index is 1.53. The van der Waals surface area contributed by atoms with Gasteiger partial charge in [-0.15, -0.1) is 0 Å². The van der Waals surface area contributed by atoms with Gasteiger partial charge in [-0.25, -0.2) is 4.79 Å². The first-order chi connectivity index (χ1) is 16.8. The predicted molar refractivity (Wildman–Crippen MR) is 135 cm³/mol. The fourth-order valence-corrected chi connectivity index (χ4v) is 4.61. The molecular formula is C28H36N2O5. The molecule has 0 aliphatic heterocycles. The minimum absolute atomic E-state index is 0.0418. The molecule has 0 bridgehead atoms. The van der Waals surface area contributed by atoms with Gasteiger partial charge < -0.3 is 20.5 Å². The van der Waals surface area contributed by atoms with E-state index < -0.39 is 24.0 Å². The summed E-state index contributed by atoms with van der Waals surface area (Å²) < 4.78 is 5.60. The third-order valence-electron chi connectivity index (χ3n) is 6.61. The second-order valence-corrected chi connectivity index (χ2v) is 9.39. The molecule has 7 heteroatoms. The van der Waals surface area contributed by atoms with Gasteiger partial charge in [0.25, 0.3) is 0 Å². The Morgan fingerprint density at radius 1 is 0.914 bits per heavy atom. The van der Waals surface area contributed by atoms with Crippen molar-refractivity contribution in [3.63, 3.8) is 0 Å². The minimum Gasteiger partial charge on any atom is -0.481 e. The van der Waals surface area contributed by atoms with Gasteiger partial charge >= 0.3 is 12.1 Å². The molecule has 0 radical (unpaired) electrons. The summed E-state index contributed by atoms with van der Waals surface area (Å²) >= 11 is 0. The van der Waals surface area contributed by atoms with Crippen molar-refractivity contribution in [2.24, 2.45) is 5.92 Å². The zero-order valence-electron chi connectivity index (χ0n) is 20.8. The van der Waals surface area contributed by atoms with E-state index in [9.17, 15) is 14.4 Å². The summed E-state index contributed by atoms with van der Waals surface area (Å²) in [5, 5.41) is 14.7.